The highest BCUT2D eigenvalue weighted by molar-refractivity contribution is 5.94. The Balaban J connectivity index is 2.08. The number of halogens is 1. The number of carbonyl (C=O) groups is 1. The minimum absolute atomic E-state index is 0.0643. The number of benzene rings is 2. The van der Waals surface area contributed by atoms with Gasteiger partial charge in [-0.3, -0.25) is 4.79 Å². The molecule has 2 aromatic rings. The molecule has 0 aromatic heterocycles. The summed E-state index contributed by atoms with van der Waals surface area (Å²) in [5.74, 6) is -0.162. The lowest BCUT2D eigenvalue weighted by Crippen LogP contribution is -2.23. The van der Waals surface area contributed by atoms with E-state index in [1.807, 2.05) is 36.4 Å². The normalized spacial score (nSPS) is 14.6. The molecular formula is C20H20FNO. The monoisotopic (exact) mass is 309 g/mol. The quantitative estimate of drug-likeness (QED) is 0.860. The van der Waals surface area contributed by atoms with Gasteiger partial charge in [-0.15, -0.1) is 0 Å². The van der Waals surface area contributed by atoms with Crippen molar-refractivity contribution in [2.75, 3.05) is 13.1 Å². The average Bonchev–Trinajstić information content (AvgIpc) is 2.58. The zero-order chi connectivity index (χ0) is 16.2. The van der Waals surface area contributed by atoms with Gasteiger partial charge in [0.15, 0.2) is 5.78 Å². The topological polar surface area (TPSA) is 29.1 Å². The van der Waals surface area contributed by atoms with Crippen LogP contribution in [0.3, 0.4) is 0 Å². The highest BCUT2D eigenvalue weighted by Crippen LogP contribution is 2.31. The van der Waals surface area contributed by atoms with Gasteiger partial charge in [0.1, 0.15) is 5.82 Å². The third-order valence-electron chi connectivity index (χ3n) is 4.27. The lowest BCUT2D eigenvalue weighted by atomic mass is 9.88. The molecule has 0 unspecified atom stereocenters. The van der Waals surface area contributed by atoms with Gasteiger partial charge in [0.2, 0.25) is 0 Å². The van der Waals surface area contributed by atoms with Crippen LogP contribution < -0.4 is 5.32 Å². The summed E-state index contributed by atoms with van der Waals surface area (Å²) in [6.07, 6.45) is 1.97. The summed E-state index contributed by atoms with van der Waals surface area (Å²) in [6, 6.07) is 14.4. The molecule has 3 heteroatoms. The average molecular weight is 309 g/mol. The Morgan fingerprint density at radius 1 is 0.870 bits per heavy atom. The molecule has 23 heavy (non-hydrogen) atoms. The van der Waals surface area contributed by atoms with E-state index in [1.165, 1.54) is 23.3 Å². The predicted octanol–water partition coefficient (Wildman–Crippen LogP) is 4.21. The number of hydrogen-bond donors (Lipinski definition) is 1. The van der Waals surface area contributed by atoms with E-state index < -0.39 is 0 Å². The van der Waals surface area contributed by atoms with Crippen molar-refractivity contribution in [1.29, 1.82) is 0 Å². The van der Waals surface area contributed by atoms with Gasteiger partial charge >= 0.3 is 0 Å². The summed E-state index contributed by atoms with van der Waals surface area (Å²) in [7, 11) is 0. The van der Waals surface area contributed by atoms with E-state index in [-0.39, 0.29) is 11.6 Å². The van der Waals surface area contributed by atoms with Crippen LogP contribution in [-0.2, 0) is 0 Å². The van der Waals surface area contributed by atoms with Gasteiger partial charge in [0, 0.05) is 5.56 Å². The molecule has 0 bridgehead atoms. The third-order valence-corrected chi connectivity index (χ3v) is 4.27. The molecular weight excluding hydrogens is 289 g/mol. The minimum Gasteiger partial charge on any atom is -0.316 e. The molecule has 0 atom stereocenters. The SMILES string of the molecule is CC(=O)c1ccc(C(=C2CCNCC2)c2ccc(F)cc2)cc1. The van der Waals surface area contributed by atoms with Gasteiger partial charge in [-0.05, 0) is 61.7 Å². The summed E-state index contributed by atoms with van der Waals surface area (Å²) in [5.41, 5.74) is 5.37. The Bertz CT molecular complexity index is 721. The van der Waals surface area contributed by atoms with Gasteiger partial charge in [0.25, 0.3) is 0 Å². The van der Waals surface area contributed by atoms with Crippen molar-refractivity contribution < 1.29 is 9.18 Å². The van der Waals surface area contributed by atoms with Gasteiger partial charge < -0.3 is 5.32 Å². The number of Topliss-reactive ketones (excluding diaryl/α,β-unsaturated/α-hetero) is 1. The zero-order valence-electron chi connectivity index (χ0n) is 13.2. The highest BCUT2D eigenvalue weighted by Gasteiger charge is 2.15. The van der Waals surface area contributed by atoms with Crippen LogP contribution in [0.1, 0.15) is 41.3 Å². The number of ketones is 1. The maximum Gasteiger partial charge on any atom is 0.159 e. The molecule has 0 saturated carbocycles. The fraction of sp³-hybridized carbons (Fsp3) is 0.250. The molecule has 1 N–H and O–H groups in total. The maximum absolute atomic E-state index is 13.3. The molecule has 3 rings (SSSR count). The fourth-order valence-electron chi connectivity index (χ4n) is 3.04. The molecule has 1 aliphatic rings. The van der Waals surface area contributed by atoms with Crippen LogP contribution in [0, 0.1) is 5.82 Å². The van der Waals surface area contributed by atoms with Crippen molar-refractivity contribution in [2.45, 2.75) is 19.8 Å². The maximum atomic E-state index is 13.3. The van der Waals surface area contributed by atoms with Crippen molar-refractivity contribution >= 4 is 11.4 Å². The molecule has 118 valence electrons. The van der Waals surface area contributed by atoms with Gasteiger partial charge in [-0.1, -0.05) is 42.0 Å². The van der Waals surface area contributed by atoms with E-state index in [2.05, 4.69) is 5.32 Å². The molecule has 1 saturated heterocycles. The number of hydrogen-bond acceptors (Lipinski definition) is 2. The first-order valence-corrected chi connectivity index (χ1v) is 7.95. The van der Waals surface area contributed by atoms with E-state index in [0.717, 1.165) is 37.1 Å². The first-order chi connectivity index (χ1) is 11.1. The van der Waals surface area contributed by atoms with Crippen molar-refractivity contribution in [3.8, 4) is 0 Å². The molecule has 2 nitrogen and oxygen atoms in total. The third kappa shape index (κ3) is 3.57. The molecule has 0 aliphatic carbocycles. The second-order valence-corrected chi connectivity index (χ2v) is 5.87. The molecule has 0 radical (unpaired) electrons. The Hall–Kier alpha value is -2.26. The Kier molecular flexibility index (Phi) is 4.68. The summed E-state index contributed by atoms with van der Waals surface area (Å²) in [4.78, 5) is 11.5. The van der Waals surface area contributed by atoms with Crippen molar-refractivity contribution in [2.24, 2.45) is 0 Å². The smallest absolute Gasteiger partial charge is 0.159 e. The summed E-state index contributed by atoms with van der Waals surface area (Å²) in [6.45, 7) is 3.50. The Labute approximate surface area is 136 Å². The number of nitrogens with one attached hydrogen (secondary N) is 1. The number of carbonyl (C=O) groups excluding carboxylic acids is 1. The second-order valence-electron chi connectivity index (χ2n) is 5.87. The summed E-state index contributed by atoms with van der Waals surface area (Å²) >= 11 is 0. The largest absolute Gasteiger partial charge is 0.316 e. The van der Waals surface area contributed by atoms with Crippen LogP contribution in [0.4, 0.5) is 4.39 Å². The molecule has 1 heterocycles. The van der Waals surface area contributed by atoms with Gasteiger partial charge in [0.05, 0.1) is 0 Å². The first-order valence-electron chi connectivity index (χ1n) is 7.95. The molecule has 0 spiro atoms. The van der Waals surface area contributed by atoms with Crippen molar-refractivity contribution in [3.63, 3.8) is 0 Å². The van der Waals surface area contributed by atoms with Gasteiger partial charge in [-0.25, -0.2) is 4.39 Å². The van der Waals surface area contributed by atoms with Crippen LogP contribution in [-0.4, -0.2) is 18.9 Å². The van der Waals surface area contributed by atoms with Crippen LogP contribution in [0.5, 0.6) is 0 Å². The minimum atomic E-state index is -0.227. The van der Waals surface area contributed by atoms with Crippen LogP contribution in [0.2, 0.25) is 0 Å². The molecule has 1 fully saturated rings. The van der Waals surface area contributed by atoms with E-state index in [1.54, 1.807) is 6.92 Å². The first kappa shape index (κ1) is 15.6. The second kappa shape index (κ2) is 6.88. The number of piperidine rings is 1. The Morgan fingerprint density at radius 3 is 1.87 bits per heavy atom. The van der Waals surface area contributed by atoms with E-state index in [4.69, 9.17) is 0 Å². The lowest BCUT2D eigenvalue weighted by Gasteiger charge is -2.21. The van der Waals surface area contributed by atoms with E-state index >= 15 is 0 Å². The fourth-order valence-corrected chi connectivity index (χ4v) is 3.04. The van der Waals surface area contributed by atoms with Crippen LogP contribution in [0.15, 0.2) is 54.1 Å². The van der Waals surface area contributed by atoms with Crippen LogP contribution >= 0.6 is 0 Å². The van der Waals surface area contributed by atoms with E-state index in [9.17, 15) is 9.18 Å². The van der Waals surface area contributed by atoms with Crippen molar-refractivity contribution in [3.05, 3.63) is 76.6 Å². The molecule has 0 amide bonds. The standard InChI is InChI=1S/C20H20FNO/c1-14(23)15-2-4-16(5-3-15)20(18-10-12-22-13-11-18)17-6-8-19(21)9-7-17/h2-9,22H,10-13H2,1H3. The summed E-state index contributed by atoms with van der Waals surface area (Å²) < 4.78 is 13.3. The molecule has 1 aliphatic heterocycles. The number of rotatable bonds is 3. The van der Waals surface area contributed by atoms with E-state index in [0.29, 0.717) is 5.56 Å². The Morgan fingerprint density at radius 2 is 1.35 bits per heavy atom. The zero-order valence-corrected chi connectivity index (χ0v) is 13.2. The predicted molar refractivity (Wildman–Crippen MR) is 91.0 cm³/mol. The van der Waals surface area contributed by atoms with Gasteiger partial charge in [-0.2, -0.15) is 0 Å². The van der Waals surface area contributed by atoms with Crippen molar-refractivity contribution in [1.82, 2.24) is 5.32 Å². The van der Waals surface area contributed by atoms with Crippen LogP contribution in [0.25, 0.3) is 5.57 Å². The lowest BCUT2D eigenvalue weighted by molar-refractivity contribution is 0.101. The summed E-state index contributed by atoms with van der Waals surface area (Å²) in [5, 5.41) is 3.37. The highest BCUT2D eigenvalue weighted by atomic mass is 19.1. The molecule has 2 aromatic carbocycles.